The number of rotatable bonds is 1. The first-order valence-corrected chi connectivity index (χ1v) is 7.07. The molecule has 0 aliphatic heterocycles. The van der Waals surface area contributed by atoms with E-state index < -0.39 is 11.0 Å². The molecule has 0 atom stereocenters. The molecule has 0 aromatic heterocycles. The Bertz CT molecular complexity index is 310. The van der Waals surface area contributed by atoms with Crippen molar-refractivity contribution in [2.75, 3.05) is 0 Å². The zero-order valence-electron chi connectivity index (χ0n) is 11.3. The van der Waals surface area contributed by atoms with Gasteiger partial charge in [-0.3, -0.25) is 0 Å². The van der Waals surface area contributed by atoms with Crippen LogP contribution in [0.4, 0.5) is 0 Å². The van der Waals surface area contributed by atoms with E-state index in [9.17, 15) is 10.4 Å². The molecule has 96 valence electrons. The molecule has 0 spiro atoms. The molecule has 0 heterocycles. The highest BCUT2D eigenvalue weighted by molar-refractivity contribution is 5.14. The smallest absolute Gasteiger partial charge is 0.0860 e. The summed E-state index contributed by atoms with van der Waals surface area (Å²) < 4.78 is 0. The van der Waals surface area contributed by atoms with Gasteiger partial charge in [0.2, 0.25) is 0 Å². The number of aliphatic hydroxyl groups is 1. The van der Waals surface area contributed by atoms with Crippen molar-refractivity contribution >= 4 is 0 Å². The van der Waals surface area contributed by atoms with E-state index in [0.29, 0.717) is 5.41 Å². The predicted molar refractivity (Wildman–Crippen MR) is 68.3 cm³/mol. The number of nitriles is 1. The molecule has 2 heteroatoms. The minimum absolute atomic E-state index is 0.353. The van der Waals surface area contributed by atoms with Crippen LogP contribution in [0.2, 0.25) is 0 Å². The highest BCUT2D eigenvalue weighted by atomic mass is 16.3. The third-order valence-electron chi connectivity index (χ3n) is 5.24. The van der Waals surface area contributed by atoms with Gasteiger partial charge >= 0.3 is 0 Å². The maximum atomic E-state index is 10.9. The fourth-order valence-electron chi connectivity index (χ4n) is 3.65. The van der Waals surface area contributed by atoms with Gasteiger partial charge in [-0.25, -0.2) is 0 Å². The van der Waals surface area contributed by atoms with E-state index in [2.05, 4.69) is 19.9 Å². The fourth-order valence-corrected chi connectivity index (χ4v) is 3.65. The van der Waals surface area contributed by atoms with Gasteiger partial charge in [-0.1, -0.05) is 33.1 Å². The van der Waals surface area contributed by atoms with E-state index in [1.54, 1.807) is 0 Å². The molecule has 1 N–H and O–H groups in total. The molecule has 0 radical (unpaired) electrons. The lowest BCUT2D eigenvalue weighted by atomic mass is 9.56. The van der Waals surface area contributed by atoms with Crippen molar-refractivity contribution in [2.45, 2.75) is 77.2 Å². The third-order valence-corrected chi connectivity index (χ3v) is 5.24. The summed E-state index contributed by atoms with van der Waals surface area (Å²) in [6.45, 7) is 4.55. The lowest BCUT2D eigenvalue weighted by molar-refractivity contribution is -0.107. The molecular formula is C15H25NO. The third kappa shape index (κ3) is 2.22. The minimum atomic E-state index is -0.698. The Balaban J connectivity index is 2.18. The summed E-state index contributed by atoms with van der Waals surface area (Å²) in [5, 5.41) is 20.5. The molecule has 0 aromatic rings. The molecule has 2 fully saturated rings. The van der Waals surface area contributed by atoms with E-state index in [0.717, 1.165) is 51.4 Å². The average Bonchev–Trinajstić information content (AvgIpc) is 2.30. The van der Waals surface area contributed by atoms with Crippen molar-refractivity contribution in [2.24, 2.45) is 10.8 Å². The average molecular weight is 235 g/mol. The predicted octanol–water partition coefficient (Wildman–Crippen LogP) is 3.79. The maximum Gasteiger partial charge on any atom is 0.0860 e. The van der Waals surface area contributed by atoms with Gasteiger partial charge in [0.05, 0.1) is 17.1 Å². The highest BCUT2D eigenvalue weighted by Crippen LogP contribution is 2.54. The second-order valence-electron chi connectivity index (χ2n) is 6.95. The Morgan fingerprint density at radius 1 is 0.882 bits per heavy atom. The van der Waals surface area contributed by atoms with Crippen LogP contribution in [0.5, 0.6) is 0 Å². The van der Waals surface area contributed by atoms with Crippen LogP contribution in [0.25, 0.3) is 0 Å². The lowest BCUT2D eigenvalue weighted by Crippen LogP contribution is -2.51. The molecule has 0 unspecified atom stereocenters. The van der Waals surface area contributed by atoms with Crippen LogP contribution in [0.1, 0.15) is 71.6 Å². The molecule has 2 saturated carbocycles. The minimum Gasteiger partial charge on any atom is -0.388 e. The summed E-state index contributed by atoms with van der Waals surface area (Å²) >= 11 is 0. The van der Waals surface area contributed by atoms with E-state index in [-0.39, 0.29) is 0 Å². The van der Waals surface area contributed by atoms with Gasteiger partial charge in [-0.15, -0.1) is 0 Å². The maximum absolute atomic E-state index is 10.9. The summed E-state index contributed by atoms with van der Waals surface area (Å²) in [6, 6.07) is 2.52. The largest absolute Gasteiger partial charge is 0.388 e. The molecular weight excluding hydrogens is 210 g/mol. The number of hydrogen-bond acceptors (Lipinski definition) is 2. The van der Waals surface area contributed by atoms with Crippen LogP contribution < -0.4 is 0 Å². The Kier molecular flexibility index (Phi) is 3.25. The van der Waals surface area contributed by atoms with Crippen LogP contribution in [-0.2, 0) is 0 Å². The zero-order valence-corrected chi connectivity index (χ0v) is 11.3. The summed E-state index contributed by atoms with van der Waals surface area (Å²) in [5.41, 5.74) is -0.801. The molecule has 17 heavy (non-hydrogen) atoms. The second-order valence-corrected chi connectivity index (χ2v) is 6.95. The van der Waals surface area contributed by atoms with Gasteiger partial charge in [0.1, 0.15) is 0 Å². The van der Waals surface area contributed by atoms with Crippen molar-refractivity contribution in [1.29, 1.82) is 5.26 Å². The van der Waals surface area contributed by atoms with E-state index in [1.807, 2.05) is 0 Å². The van der Waals surface area contributed by atoms with Crippen molar-refractivity contribution in [3.8, 4) is 6.07 Å². The van der Waals surface area contributed by atoms with Crippen molar-refractivity contribution in [1.82, 2.24) is 0 Å². The van der Waals surface area contributed by atoms with Gasteiger partial charge in [0.15, 0.2) is 0 Å². The van der Waals surface area contributed by atoms with Gasteiger partial charge in [-0.05, 0) is 43.9 Å². The van der Waals surface area contributed by atoms with Gasteiger partial charge in [0, 0.05) is 0 Å². The fraction of sp³-hybridized carbons (Fsp3) is 0.933. The Morgan fingerprint density at radius 2 is 1.41 bits per heavy atom. The normalized spacial score (nSPS) is 30.5. The van der Waals surface area contributed by atoms with Gasteiger partial charge < -0.3 is 5.11 Å². The molecule has 0 saturated heterocycles. The Labute approximate surface area is 105 Å². The van der Waals surface area contributed by atoms with Gasteiger partial charge in [0.25, 0.3) is 0 Å². The molecule has 0 amide bonds. The Morgan fingerprint density at radius 3 is 1.88 bits per heavy atom. The van der Waals surface area contributed by atoms with Crippen molar-refractivity contribution in [3.63, 3.8) is 0 Å². The van der Waals surface area contributed by atoms with Crippen LogP contribution in [-0.4, -0.2) is 10.7 Å². The number of nitrogens with zero attached hydrogens (tertiary/aromatic N) is 1. The standard InChI is InChI=1S/C15H25NO/c1-13(2)8-10-14(12-16,11-9-13)15(17)6-4-3-5-7-15/h17H,3-11H2,1-2H3. The molecule has 2 aliphatic rings. The summed E-state index contributed by atoms with van der Waals surface area (Å²) in [4.78, 5) is 0. The first-order valence-electron chi connectivity index (χ1n) is 7.07. The van der Waals surface area contributed by atoms with E-state index in [1.165, 1.54) is 6.42 Å². The Hall–Kier alpha value is -0.550. The first kappa shape index (κ1) is 12.9. The lowest BCUT2D eigenvalue weighted by Gasteiger charge is -2.50. The van der Waals surface area contributed by atoms with E-state index >= 15 is 0 Å². The quantitative estimate of drug-likeness (QED) is 0.751. The van der Waals surface area contributed by atoms with Crippen LogP contribution in [0.3, 0.4) is 0 Å². The molecule has 2 nitrogen and oxygen atoms in total. The van der Waals surface area contributed by atoms with Crippen LogP contribution in [0.15, 0.2) is 0 Å². The number of hydrogen-bond donors (Lipinski definition) is 1. The molecule has 0 aromatic carbocycles. The molecule has 2 rings (SSSR count). The van der Waals surface area contributed by atoms with Crippen LogP contribution >= 0.6 is 0 Å². The summed E-state index contributed by atoms with van der Waals surface area (Å²) in [5.74, 6) is 0. The van der Waals surface area contributed by atoms with Crippen molar-refractivity contribution < 1.29 is 5.11 Å². The first-order chi connectivity index (χ1) is 7.93. The summed E-state index contributed by atoms with van der Waals surface area (Å²) in [7, 11) is 0. The molecule has 0 bridgehead atoms. The highest BCUT2D eigenvalue weighted by Gasteiger charge is 2.53. The van der Waals surface area contributed by atoms with Gasteiger partial charge in [-0.2, -0.15) is 5.26 Å². The topological polar surface area (TPSA) is 44.0 Å². The van der Waals surface area contributed by atoms with E-state index in [4.69, 9.17) is 0 Å². The zero-order chi connectivity index (χ0) is 12.6. The van der Waals surface area contributed by atoms with Crippen LogP contribution in [0, 0.1) is 22.2 Å². The monoisotopic (exact) mass is 235 g/mol. The summed E-state index contributed by atoms with van der Waals surface area (Å²) in [6.07, 6.45) is 8.97. The van der Waals surface area contributed by atoms with Crippen molar-refractivity contribution in [3.05, 3.63) is 0 Å². The SMILES string of the molecule is CC1(C)CCC(C#N)(C2(O)CCCCC2)CC1. The molecule has 2 aliphatic carbocycles. The second kappa shape index (κ2) is 4.28.